The fourth-order valence-corrected chi connectivity index (χ4v) is 7.08. The lowest BCUT2D eigenvalue weighted by atomic mass is 9.63. The second-order valence-corrected chi connectivity index (χ2v) is 12.4. The standard InChI is InChI=1S/C34H31Cl2N3O4/c1-3-21-7-10-30(43-19-22-11-13-39(14-12-22)20(2)40)26(15-21)31-34(28-9-8-25(36)17-29(28)37-33(34)42)18-27(32(41)38-31)23-5-4-6-24(35)16-23/h1,4-10,15-17,22,27,31H,11-14,18-19H2,2H3,(H,37,42)(H,38,41)/t27-,31+,34-/m1/s1. The van der Waals surface area contributed by atoms with E-state index in [0.29, 0.717) is 52.3 Å². The summed E-state index contributed by atoms with van der Waals surface area (Å²) in [7, 11) is 0. The van der Waals surface area contributed by atoms with Crippen LogP contribution in [0.15, 0.2) is 60.7 Å². The number of hydrogen-bond acceptors (Lipinski definition) is 4. The number of anilines is 1. The molecule has 3 amide bonds. The maximum atomic E-state index is 14.2. The first-order valence-corrected chi connectivity index (χ1v) is 15.1. The molecule has 9 heteroatoms. The summed E-state index contributed by atoms with van der Waals surface area (Å²) in [6.07, 6.45) is 7.68. The highest BCUT2D eigenvalue weighted by atomic mass is 35.5. The van der Waals surface area contributed by atoms with Gasteiger partial charge in [0.25, 0.3) is 0 Å². The number of likely N-dealkylation sites (tertiary alicyclic amines) is 1. The van der Waals surface area contributed by atoms with E-state index in [1.165, 1.54) is 0 Å². The Bertz CT molecular complexity index is 1660. The Morgan fingerprint density at radius 3 is 2.56 bits per heavy atom. The minimum Gasteiger partial charge on any atom is -0.493 e. The summed E-state index contributed by atoms with van der Waals surface area (Å²) in [5.41, 5.74) is 2.13. The van der Waals surface area contributed by atoms with E-state index in [-0.39, 0.29) is 30.1 Å². The van der Waals surface area contributed by atoms with Crippen molar-refractivity contribution in [2.24, 2.45) is 5.92 Å². The molecule has 0 radical (unpaired) electrons. The number of hydrogen-bond donors (Lipinski definition) is 2. The van der Waals surface area contributed by atoms with Crippen molar-refractivity contribution in [2.45, 2.75) is 43.6 Å². The van der Waals surface area contributed by atoms with E-state index in [1.54, 1.807) is 43.3 Å². The van der Waals surface area contributed by atoms with Crippen LogP contribution in [-0.4, -0.2) is 42.3 Å². The van der Waals surface area contributed by atoms with E-state index in [0.717, 1.165) is 24.0 Å². The molecule has 0 saturated carbocycles. The Labute approximate surface area is 260 Å². The molecule has 3 aliphatic heterocycles. The Morgan fingerprint density at radius 2 is 1.84 bits per heavy atom. The van der Waals surface area contributed by atoms with Crippen molar-refractivity contribution in [1.29, 1.82) is 0 Å². The monoisotopic (exact) mass is 615 g/mol. The van der Waals surface area contributed by atoms with Crippen molar-refractivity contribution in [3.05, 3.63) is 93.0 Å². The molecule has 220 valence electrons. The van der Waals surface area contributed by atoms with Crippen LogP contribution in [0.5, 0.6) is 5.75 Å². The quantitative estimate of drug-likeness (QED) is 0.353. The molecule has 0 aliphatic carbocycles. The molecule has 3 heterocycles. The van der Waals surface area contributed by atoms with Gasteiger partial charge in [-0.2, -0.15) is 0 Å². The predicted octanol–water partition coefficient (Wildman–Crippen LogP) is 5.85. The average Bonchev–Trinajstić information content (AvgIpc) is 3.27. The molecule has 7 nitrogen and oxygen atoms in total. The van der Waals surface area contributed by atoms with Crippen LogP contribution in [0, 0.1) is 18.3 Å². The lowest BCUT2D eigenvalue weighted by Gasteiger charge is -2.44. The van der Waals surface area contributed by atoms with E-state index in [1.807, 2.05) is 29.2 Å². The molecule has 43 heavy (non-hydrogen) atoms. The molecule has 3 aromatic rings. The Kier molecular flexibility index (Phi) is 7.85. The van der Waals surface area contributed by atoms with Gasteiger partial charge in [-0.15, -0.1) is 6.42 Å². The van der Waals surface area contributed by atoms with Crippen molar-refractivity contribution in [1.82, 2.24) is 10.2 Å². The number of piperidine rings is 2. The van der Waals surface area contributed by atoms with E-state index in [4.69, 9.17) is 34.4 Å². The number of ether oxygens (including phenoxy) is 1. The lowest BCUT2D eigenvalue weighted by Crippen LogP contribution is -2.55. The summed E-state index contributed by atoms with van der Waals surface area (Å²) in [6.45, 7) is 3.41. The minimum atomic E-state index is -1.18. The van der Waals surface area contributed by atoms with Gasteiger partial charge in [-0.25, -0.2) is 0 Å². The van der Waals surface area contributed by atoms with Gasteiger partial charge in [0.2, 0.25) is 17.7 Å². The number of carbonyl (C=O) groups excluding carboxylic acids is 3. The van der Waals surface area contributed by atoms with Gasteiger partial charge in [-0.3, -0.25) is 14.4 Å². The summed E-state index contributed by atoms with van der Waals surface area (Å²) in [5.74, 6) is 2.48. The molecule has 3 aromatic carbocycles. The van der Waals surface area contributed by atoms with Gasteiger partial charge < -0.3 is 20.3 Å². The van der Waals surface area contributed by atoms with Crippen LogP contribution >= 0.6 is 23.2 Å². The van der Waals surface area contributed by atoms with Crippen LogP contribution in [0.4, 0.5) is 5.69 Å². The van der Waals surface area contributed by atoms with E-state index >= 15 is 0 Å². The molecule has 3 atom stereocenters. The zero-order valence-electron chi connectivity index (χ0n) is 23.7. The molecule has 6 rings (SSSR count). The fourth-order valence-electron chi connectivity index (χ4n) is 6.71. The number of amides is 3. The van der Waals surface area contributed by atoms with Crippen molar-refractivity contribution in [2.75, 3.05) is 25.0 Å². The first kappa shape index (κ1) is 29.1. The SMILES string of the molecule is C#Cc1ccc(OCC2CCN(C(C)=O)CC2)c([C@@H]2NC(=O)[C@@H](c3cccc(Cl)c3)C[C@]23C(=O)Nc2cc(Cl)ccc23)c1. The predicted molar refractivity (Wildman–Crippen MR) is 166 cm³/mol. The van der Waals surface area contributed by atoms with Gasteiger partial charge >= 0.3 is 0 Å². The molecule has 0 bridgehead atoms. The first-order valence-electron chi connectivity index (χ1n) is 14.4. The number of nitrogens with zero attached hydrogens (tertiary/aromatic N) is 1. The zero-order chi connectivity index (χ0) is 30.3. The summed E-state index contributed by atoms with van der Waals surface area (Å²) in [5, 5.41) is 7.23. The second-order valence-electron chi connectivity index (χ2n) is 11.5. The summed E-state index contributed by atoms with van der Waals surface area (Å²) >= 11 is 12.6. The topological polar surface area (TPSA) is 87.7 Å². The third kappa shape index (κ3) is 5.35. The van der Waals surface area contributed by atoms with Gasteiger partial charge in [-0.05, 0) is 78.8 Å². The zero-order valence-corrected chi connectivity index (χ0v) is 25.2. The molecule has 0 aromatic heterocycles. The van der Waals surface area contributed by atoms with E-state index in [9.17, 15) is 14.4 Å². The number of carbonyl (C=O) groups is 3. The lowest BCUT2D eigenvalue weighted by molar-refractivity contribution is -0.132. The molecule has 3 aliphatic rings. The fraction of sp³-hybridized carbons (Fsp3) is 0.324. The highest BCUT2D eigenvalue weighted by Gasteiger charge is 2.58. The first-order chi connectivity index (χ1) is 20.7. The van der Waals surface area contributed by atoms with Crippen molar-refractivity contribution in [3.8, 4) is 18.1 Å². The van der Waals surface area contributed by atoms with Crippen LogP contribution in [-0.2, 0) is 19.8 Å². The van der Waals surface area contributed by atoms with Crippen molar-refractivity contribution < 1.29 is 19.1 Å². The molecule has 2 N–H and O–H groups in total. The third-order valence-electron chi connectivity index (χ3n) is 9.01. The number of nitrogens with one attached hydrogen (secondary N) is 2. The largest absolute Gasteiger partial charge is 0.493 e. The van der Waals surface area contributed by atoms with Crippen molar-refractivity contribution in [3.63, 3.8) is 0 Å². The van der Waals surface area contributed by atoms with Gasteiger partial charge in [0.05, 0.1) is 18.6 Å². The molecule has 2 fully saturated rings. The van der Waals surface area contributed by atoms with Crippen molar-refractivity contribution >= 4 is 46.6 Å². The summed E-state index contributed by atoms with van der Waals surface area (Å²) in [4.78, 5) is 41.6. The number of rotatable bonds is 5. The molecule has 1 spiro atoms. The Morgan fingerprint density at radius 1 is 1.07 bits per heavy atom. The van der Waals surface area contributed by atoms with Gasteiger partial charge in [0, 0.05) is 46.9 Å². The number of fused-ring (bicyclic) bond motifs is 2. The highest BCUT2D eigenvalue weighted by molar-refractivity contribution is 6.31. The van der Waals surface area contributed by atoms with Gasteiger partial charge in [0.15, 0.2) is 0 Å². The Balaban J connectivity index is 1.41. The third-order valence-corrected chi connectivity index (χ3v) is 9.48. The molecular formula is C34H31Cl2N3O4. The van der Waals surface area contributed by atoms with Gasteiger partial charge in [-0.1, -0.05) is 47.3 Å². The van der Waals surface area contributed by atoms with Crippen LogP contribution in [0.2, 0.25) is 10.0 Å². The maximum absolute atomic E-state index is 14.2. The van der Waals surface area contributed by atoms with Crippen LogP contribution in [0.1, 0.15) is 60.4 Å². The highest BCUT2D eigenvalue weighted by Crippen LogP contribution is 2.55. The number of halogens is 2. The Hall–Kier alpha value is -3.99. The van der Waals surface area contributed by atoms with Crippen LogP contribution in [0.3, 0.4) is 0 Å². The normalized spacial score (nSPS) is 23.3. The van der Waals surface area contributed by atoms with Crippen LogP contribution < -0.4 is 15.4 Å². The van der Waals surface area contributed by atoms with Gasteiger partial charge in [0.1, 0.15) is 11.2 Å². The second kappa shape index (κ2) is 11.6. The number of benzene rings is 3. The van der Waals surface area contributed by atoms with Crippen LogP contribution in [0.25, 0.3) is 0 Å². The summed E-state index contributed by atoms with van der Waals surface area (Å²) in [6, 6.07) is 17.2. The smallest absolute Gasteiger partial charge is 0.237 e. The minimum absolute atomic E-state index is 0.0809. The maximum Gasteiger partial charge on any atom is 0.237 e. The summed E-state index contributed by atoms with van der Waals surface area (Å²) < 4.78 is 6.44. The molecule has 2 saturated heterocycles. The van der Waals surface area contributed by atoms with E-state index < -0.39 is 17.4 Å². The number of terminal acetylenes is 1. The molecular weight excluding hydrogens is 585 g/mol. The molecule has 0 unspecified atom stereocenters. The average molecular weight is 617 g/mol. The van der Waals surface area contributed by atoms with E-state index in [2.05, 4.69) is 16.6 Å².